The Morgan fingerprint density at radius 1 is 1.58 bits per heavy atom. The number of carbonyl (C=O) groups excluding carboxylic acids is 1. The summed E-state index contributed by atoms with van der Waals surface area (Å²) in [7, 11) is 4.02. The van der Waals surface area contributed by atoms with Crippen LogP contribution >= 0.6 is 0 Å². The molecular weight excluding hydrogens is 152 g/mol. The molecule has 1 fully saturated rings. The molecule has 0 N–H and O–H groups in total. The highest BCUT2D eigenvalue weighted by molar-refractivity contribution is 5.94. The zero-order valence-electron chi connectivity index (χ0n) is 7.84. The van der Waals surface area contributed by atoms with Crippen LogP contribution in [0.2, 0.25) is 0 Å². The van der Waals surface area contributed by atoms with Crippen LogP contribution in [0.5, 0.6) is 0 Å². The molecule has 1 aliphatic heterocycles. The summed E-state index contributed by atoms with van der Waals surface area (Å²) in [5.74, 6) is 0.136. The summed E-state index contributed by atoms with van der Waals surface area (Å²) >= 11 is 0. The maximum absolute atomic E-state index is 11.3. The predicted molar refractivity (Wildman–Crippen MR) is 48.9 cm³/mol. The molecule has 1 aliphatic rings. The van der Waals surface area contributed by atoms with Crippen LogP contribution in [-0.2, 0) is 4.79 Å². The summed E-state index contributed by atoms with van der Waals surface area (Å²) < 4.78 is 0. The van der Waals surface area contributed by atoms with Crippen molar-refractivity contribution in [3.63, 3.8) is 0 Å². The number of likely N-dealkylation sites (tertiary alicyclic amines) is 1. The van der Waals surface area contributed by atoms with E-state index in [9.17, 15) is 4.79 Å². The van der Waals surface area contributed by atoms with Gasteiger partial charge in [-0.05, 0) is 20.5 Å². The molecule has 12 heavy (non-hydrogen) atoms. The molecule has 1 heterocycles. The van der Waals surface area contributed by atoms with E-state index in [0.29, 0.717) is 0 Å². The van der Waals surface area contributed by atoms with Gasteiger partial charge < -0.3 is 9.80 Å². The molecule has 3 nitrogen and oxygen atoms in total. The third kappa shape index (κ3) is 2.08. The number of likely N-dealkylation sites (N-methyl/N-ethyl adjacent to an activating group) is 1. The van der Waals surface area contributed by atoms with Gasteiger partial charge in [0.1, 0.15) is 0 Å². The van der Waals surface area contributed by atoms with Crippen LogP contribution in [0.25, 0.3) is 0 Å². The van der Waals surface area contributed by atoms with Crippen LogP contribution in [0.1, 0.15) is 6.42 Å². The van der Waals surface area contributed by atoms with E-state index in [1.54, 1.807) is 0 Å². The largest absolute Gasteiger partial charge is 0.337 e. The number of carbonyl (C=O) groups is 1. The lowest BCUT2D eigenvalue weighted by atomic mass is 10.3. The maximum Gasteiger partial charge on any atom is 0.249 e. The van der Waals surface area contributed by atoms with Crippen LogP contribution in [0.3, 0.4) is 0 Å². The highest BCUT2D eigenvalue weighted by Crippen LogP contribution is 2.13. The summed E-state index contributed by atoms with van der Waals surface area (Å²) in [6.45, 7) is 6.31. The Hall–Kier alpha value is -0.830. The molecule has 0 saturated carbocycles. The van der Waals surface area contributed by atoms with E-state index < -0.39 is 0 Å². The highest BCUT2D eigenvalue weighted by Gasteiger charge is 2.23. The lowest BCUT2D eigenvalue weighted by Gasteiger charge is -2.17. The van der Waals surface area contributed by atoms with Gasteiger partial charge in [-0.1, -0.05) is 6.58 Å². The van der Waals surface area contributed by atoms with Gasteiger partial charge in [0.15, 0.2) is 0 Å². The van der Waals surface area contributed by atoms with Crippen LogP contribution in [0, 0.1) is 0 Å². The van der Waals surface area contributed by atoms with E-state index in [0.717, 1.165) is 31.6 Å². The monoisotopic (exact) mass is 168 g/mol. The zero-order valence-corrected chi connectivity index (χ0v) is 7.84. The average Bonchev–Trinajstić information content (AvgIpc) is 2.30. The molecular formula is C9H16N2O. The van der Waals surface area contributed by atoms with Gasteiger partial charge in [0.25, 0.3) is 0 Å². The summed E-state index contributed by atoms with van der Waals surface area (Å²) in [5, 5.41) is 0. The summed E-state index contributed by atoms with van der Waals surface area (Å²) in [6.07, 6.45) is 0.840. The van der Waals surface area contributed by atoms with Gasteiger partial charge >= 0.3 is 0 Å². The fraction of sp³-hybridized carbons (Fsp3) is 0.667. The van der Waals surface area contributed by atoms with Gasteiger partial charge in [0, 0.05) is 25.2 Å². The molecule has 1 amide bonds. The van der Waals surface area contributed by atoms with Crippen molar-refractivity contribution in [2.45, 2.75) is 6.42 Å². The Balaban J connectivity index is 2.34. The minimum absolute atomic E-state index is 0.136. The molecule has 0 bridgehead atoms. The standard InChI is InChI=1S/C9H16N2O/c1-8-4-5-11(9(8)12)7-6-10(2)3/h1,4-7H2,2-3H3. The summed E-state index contributed by atoms with van der Waals surface area (Å²) in [6, 6.07) is 0. The first-order chi connectivity index (χ1) is 5.61. The van der Waals surface area contributed by atoms with Gasteiger partial charge in [-0.3, -0.25) is 4.79 Å². The Morgan fingerprint density at radius 3 is 2.67 bits per heavy atom. The van der Waals surface area contributed by atoms with Crippen LogP contribution in [-0.4, -0.2) is 49.4 Å². The smallest absolute Gasteiger partial charge is 0.249 e. The molecule has 0 atom stereocenters. The fourth-order valence-corrected chi connectivity index (χ4v) is 1.24. The number of nitrogens with zero attached hydrogens (tertiary/aromatic N) is 2. The maximum atomic E-state index is 11.3. The Kier molecular flexibility index (Phi) is 2.87. The van der Waals surface area contributed by atoms with E-state index in [2.05, 4.69) is 11.5 Å². The number of hydrogen-bond donors (Lipinski definition) is 0. The minimum atomic E-state index is 0.136. The van der Waals surface area contributed by atoms with Crippen molar-refractivity contribution in [1.82, 2.24) is 9.80 Å². The normalized spacial score (nSPS) is 18.1. The van der Waals surface area contributed by atoms with Crippen molar-refractivity contribution in [2.75, 3.05) is 33.7 Å². The second-order valence-corrected chi connectivity index (χ2v) is 3.45. The zero-order chi connectivity index (χ0) is 9.14. The van der Waals surface area contributed by atoms with Gasteiger partial charge in [-0.15, -0.1) is 0 Å². The van der Waals surface area contributed by atoms with Crippen molar-refractivity contribution < 1.29 is 4.79 Å². The predicted octanol–water partition coefficient (Wildman–Crippen LogP) is 0.337. The van der Waals surface area contributed by atoms with Gasteiger partial charge in [0.05, 0.1) is 0 Å². The third-order valence-electron chi connectivity index (χ3n) is 2.09. The minimum Gasteiger partial charge on any atom is -0.337 e. The first-order valence-corrected chi connectivity index (χ1v) is 4.23. The molecule has 0 aromatic carbocycles. The molecule has 68 valence electrons. The number of hydrogen-bond acceptors (Lipinski definition) is 2. The van der Waals surface area contributed by atoms with Crippen molar-refractivity contribution in [3.8, 4) is 0 Å². The van der Waals surface area contributed by atoms with Crippen LogP contribution in [0.15, 0.2) is 12.2 Å². The summed E-state index contributed by atoms with van der Waals surface area (Å²) in [5.41, 5.74) is 0.758. The number of amides is 1. The SMILES string of the molecule is C=C1CCN(CCN(C)C)C1=O. The molecule has 1 saturated heterocycles. The molecule has 0 aliphatic carbocycles. The van der Waals surface area contributed by atoms with Crippen molar-refractivity contribution in [2.24, 2.45) is 0 Å². The van der Waals surface area contributed by atoms with E-state index in [4.69, 9.17) is 0 Å². The number of rotatable bonds is 3. The lowest BCUT2D eigenvalue weighted by Crippen LogP contribution is -2.32. The molecule has 0 aromatic heterocycles. The highest BCUT2D eigenvalue weighted by atomic mass is 16.2. The van der Waals surface area contributed by atoms with E-state index in [1.165, 1.54) is 0 Å². The molecule has 1 rings (SSSR count). The van der Waals surface area contributed by atoms with Crippen molar-refractivity contribution in [1.29, 1.82) is 0 Å². The Labute approximate surface area is 73.6 Å². The van der Waals surface area contributed by atoms with E-state index >= 15 is 0 Å². The van der Waals surface area contributed by atoms with Gasteiger partial charge in [0.2, 0.25) is 5.91 Å². The third-order valence-corrected chi connectivity index (χ3v) is 2.09. The Morgan fingerprint density at radius 2 is 2.25 bits per heavy atom. The van der Waals surface area contributed by atoms with Gasteiger partial charge in [-0.25, -0.2) is 0 Å². The molecule has 0 radical (unpaired) electrons. The van der Waals surface area contributed by atoms with E-state index in [1.807, 2.05) is 19.0 Å². The topological polar surface area (TPSA) is 23.6 Å². The van der Waals surface area contributed by atoms with E-state index in [-0.39, 0.29) is 5.91 Å². The quantitative estimate of drug-likeness (QED) is 0.567. The molecule has 0 aromatic rings. The van der Waals surface area contributed by atoms with Gasteiger partial charge in [-0.2, -0.15) is 0 Å². The van der Waals surface area contributed by atoms with Crippen molar-refractivity contribution >= 4 is 5.91 Å². The second-order valence-electron chi connectivity index (χ2n) is 3.45. The lowest BCUT2D eigenvalue weighted by molar-refractivity contribution is -0.124. The Bertz CT molecular complexity index is 199. The molecule has 0 spiro atoms. The fourth-order valence-electron chi connectivity index (χ4n) is 1.24. The van der Waals surface area contributed by atoms with Crippen molar-refractivity contribution in [3.05, 3.63) is 12.2 Å². The average molecular weight is 168 g/mol. The second kappa shape index (κ2) is 3.72. The first-order valence-electron chi connectivity index (χ1n) is 4.23. The first kappa shape index (κ1) is 9.26. The molecule has 0 unspecified atom stereocenters. The van der Waals surface area contributed by atoms with Crippen LogP contribution in [0.4, 0.5) is 0 Å². The summed E-state index contributed by atoms with van der Waals surface area (Å²) in [4.78, 5) is 15.3. The molecule has 3 heteroatoms. The van der Waals surface area contributed by atoms with Crippen LogP contribution < -0.4 is 0 Å².